The molecular weight excluding hydrogens is 740 g/mol. The monoisotopic (exact) mass is 794 g/mol. The summed E-state index contributed by atoms with van der Waals surface area (Å²) < 4.78 is 38.4. The van der Waals surface area contributed by atoms with E-state index in [1.165, 1.54) is 0 Å². The summed E-state index contributed by atoms with van der Waals surface area (Å²) in [6.07, 6.45) is -23.6. The van der Waals surface area contributed by atoms with Gasteiger partial charge in [-0.25, -0.2) is 4.79 Å². The molecule has 0 saturated carbocycles. The molecule has 21 nitrogen and oxygen atoms in total. The fourth-order valence-corrected chi connectivity index (χ4v) is 6.07. The number of ether oxygens (including phenoxy) is 7. The van der Waals surface area contributed by atoms with Crippen LogP contribution in [0.1, 0.15) is 31.2 Å². The topological polar surface area (TPSA) is 325 Å². The molecule has 3 heterocycles. The average molecular weight is 795 g/mol. The first-order chi connectivity index (χ1) is 26.4. The zero-order valence-corrected chi connectivity index (χ0v) is 30.0. The maximum atomic E-state index is 12.4. The van der Waals surface area contributed by atoms with Crippen LogP contribution < -0.4 is 10.6 Å². The molecule has 4 rings (SSSR count). The molecule has 3 aliphatic heterocycles. The highest BCUT2D eigenvalue weighted by Crippen LogP contribution is 2.31. The second kappa shape index (κ2) is 22.3. The Morgan fingerprint density at radius 3 is 1.87 bits per heavy atom. The van der Waals surface area contributed by atoms with Gasteiger partial charge in [-0.15, -0.1) is 0 Å². The predicted molar refractivity (Wildman–Crippen MR) is 181 cm³/mol. The van der Waals surface area contributed by atoms with E-state index in [-0.39, 0.29) is 32.1 Å². The molecule has 1 aromatic carbocycles. The van der Waals surface area contributed by atoms with E-state index in [0.29, 0.717) is 25.8 Å². The van der Waals surface area contributed by atoms with E-state index in [4.69, 9.17) is 33.2 Å². The van der Waals surface area contributed by atoms with Crippen LogP contribution in [-0.2, 0) is 44.6 Å². The minimum atomic E-state index is -1.89. The molecule has 314 valence electrons. The van der Waals surface area contributed by atoms with Gasteiger partial charge in [-0.1, -0.05) is 36.8 Å². The Bertz CT molecular complexity index is 1280. The van der Waals surface area contributed by atoms with Crippen molar-refractivity contribution in [2.45, 2.75) is 124 Å². The molecule has 3 saturated heterocycles. The van der Waals surface area contributed by atoms with E-state index in [1.54, 1.807) is 0 Å². The summed E-state index contributed by atoms with van der Waals surface area (Å²) in [6, 6.07) is 9.24. The highest BCUT2D eigenvalue weighted by molar-refractivity contribution is 5.75. The van der Waals surface area contributed by atoms with Crippen molar-refractivity contribution in [3.05, 3.63) is 35.9 Å². The second-order valence-electron chi connectivity index (χ2n) is 13.4. The molecular formula is C34H54N2O19. The number of amides is 2. The van der Waals surface area contributed by atoms with Crippen LogP contribution in [0, 0.1) is 0 Å². The average Bonchev–Trinajstić information content (AvgIpc) is 3.18. The lowest BCUT2D eigenvalue weighted by atomic mass is 9.96. The Hall–Kier alpha value is -2.68. The third kappa shape index (κ3) is 12.7. The van der Waals surface area contributed by atoms with Crippen molar-refractivity contribution < 1.29 is 93.8 Å². The summed E-state index contributed by atoms with van der Waals surface area (Å²) in [5.74, 6) is -0.297. The van der Waals surface area contributed by atoms with Gasteiger partial charge in [0.25, 0.3) is 0 Å². The first-order valence-corrected chi connectivity index (χ1v) is 18.1. The predicted octanol–water partition coefficient (Wildman–Crippen LogP) is -4.95. The van der Waals surface area contributed by atoms with E-state index in [9.17, 15) is 60.7 Å². The third-order valence-electron chi connectivity index (χ3n) is 9.32. The molecule has 0 aromatic heterocycles. The minimum Gasteiger partial charge on any atom is -0.445 e. The highest BCUT2D eigenvalue weighted by Gasteiger charge is 2.52. The molecule has 12 N–H and O–H groups in total. The summed E-state index contributed by atoms with van der Waals surface area (Å²) in [4.78, 5) is 24.2. The van der Waals surface area contributed by atoms with Crippen LogP contribution in [0.25, 0.3) is 0 Å². The summed E-state index contributed by atoms with van der Waals surface area (Å²) in [5.41, 5.74) is 0.865. The van der Waals surface area contributed by atoms with E-state index >= 15 is 0 Å². The number of alkyl carbamates (subject to hydrolysis) is 1. The maximum Gasteiger partial charge on any atom is 0.407 e. The molecule has 0 bridgehead atoms. The third-order valence-corrected chi connectivity index (χ3v) is 9.32. The second-order valence-corrected chi connectivity index (χ2v) is 13.4. The number of aliphatic hydroxyl groups excluding tert-OH is 10. The number of benzene rings is 1. The van der Waals surface area contributed by atoms with Crippen LogP contribution in [0.4, 0.5) is 4.79 Å². The van der Waals surface area contributed by atoms with Gasteiger partial charge in [-0.05, 0) is 18.4 Å². The number of nitrogens with one attached hydrogen (secondary N) is 2. The zero-order chi connectivity index (χ0) is 40.1. The standard InChI is InChI=1S/C34H54N2O19/c37-13-18-22(40)25(43)27(45)31(52-18)50-16-20-24(42)30(55-33-28(46)26(44)23(41)19(14-38)53-33)29(47)32(54-20)49-12-11-35-21(39)9-5-2-6-10-36-34(48)51-15-17-7-3-1-4-8-17/h1,3-4,7-8,18-20,22-33,37-38,40-47H,2,5-6,9-16H2,(H,35,39)(H,36,48)/t18-,19-,20-,22-,23-,24-,25+,26+,27+,28+,29+,30+,31+,32+,33?/m1/s1. The van der Waals surface area contributed by atoms with Gasteiger partial charge >= 0.3 is 6.09 Å². The SMILES string of the molecule is O=C(CCCCCNC(=O)OCc1ccccc1)NCCO[C@H]1O[C@H](CO[C@H]2O[C@H](CO)[C@@H](O)[C@H](O)[C@@H]2O)[C@@H](O)[C@H](OC2O[C@H](CO)[C@@H](O)[C@H](O)[C@@H]2O)[C@@H]1O. The summed E-state index contributed by atoms with van der Waals surface area (Å²) >= 11 is 0. The number of aliphatic hydroxyl groups is 10. The zero-order valence-electron chi connectivity index (χ0n) is 30.0. The van der Waals surface area contributed by atoms with Crippen LogP contribution >= 0.6 is 0 Å². The van der Waals surface area contributed by atoms with Gasteiger partial charge in [0, 0.05) is 19.5 Å². The lowest BCUT2D eigenvalue weighted by Crippen LogP contribution is -2.65. The fourth-order valence-electron chi connectivity index (χ4n) is 6.07. The smallest absolute Gasteiger partial charge is 0.407 e. The largest absolute Gasteiger partial charge is 0.445 e. The molecule has 2 amide bonds. The van der Waals surface area contributed by atoms with Gasteiger partial charge < -0.3 is 94.9 Å². The quantitative estimate of drug-likeness (QED) is 0.0584. The Labute approximate surface area is 316 Å². The van der Waals surface area contributed by atoms with Crippen molar-refractivity contribution in [2.24, 2.45) is 0 Å². The molecule has 1 aromatic rings. The first-order valence-electron chi connectivity index (χ1n) is 18.1. The summed E-state index contributed by atoms with van der Waals surface area (Å²) in [7, 11) is 0. The molecule has 55 heavy (non-hydrogen) atoms. The van der Waals surface area contributed by atoms with Crippen molar-refractivity contribution >= 4 is 12.0 Å². The lowest BCUT2D eigenvalue weighted by molar-refractivity contribution is -0.366. The van der Waals surface area contributed by atoms with Gasteiger partial charge in [0.2, 0.25) is 5.91 Å². The normalized spacial score (nSPS) is 36.6. The molecule has 1 unspecified atom stereocenters. The molecule has 21 heteroatoms. The van der Waals surface area contributed by atoms with Crippen molar-refractivity contribution in [3.63, 3.8) is 0 Å². The highest BCUT2D eigenvalue weighted by atomic mass is 16.7. The Kier molecular flexibility index (Phi) is 18.3. The van der Waals surface area contributed by atoms with Crippen LogP contribution in [0.2, 0.25) is 0 Å². The Morgan fingerprint density at radius 1 is 0.618 bits per heavy atom. The van der Waals surface area contributed by atoms with E-state index < -0.39 is 118 Å². The lowest BCUT2D eigenvalue weighted by Gasteiger charge is -2.46. The van der Waals surface area contributed by atoms with Gasteiger partial charge in [0.15, 0.2) is 18.9 Å². The van der Waals surface area contributed by atoms with E-state index in [0.717, 1.165) is 5.56 Å². The van der Waals surface area contributed by atoms with Crippen molar-refractivity contribution in [2.75, 3.05) is 39.5 Å². The van der Waals surface area contributed by atoms with Crippen molar-refractivity contribution in [3.8, 4) is 0 Å². The van der Waals surface area contributed by atoms with Crippen molar-refractivity contribution in [1.82, 2.24) is 10.6 Å². The summed E-state index contributed by atoms with van der Waals surface area (Å²) in [5, 5.41) is 108. The van der Waals surface area contributed by atoms with E-state index in [1.807, 2.05) is 30.3 Å². The fraction of sp³-hybridized carbons (Fsp3) is 0.765. The number of hydrogen-bond acceptors (Lipinski definition) is 19. The number of rotatable bonds is 19. The molecule has 0 aliphatic carbocycles. The Morgan fingerprint density at radius 2 is 1.22 bits per heavy atom. The van der Waals surface area contributed by atoms with Gasteiger partial charge in [0.1, 0.15) is 79.9 Å². The van der Waals surface area contributed by atoms with Gasteiger partial charge in [0.05, 0.1) is 26.4 Å². The van der Waals surface area contributed by atoms with E-state index in [2.05, 4.69) is 10.6 Å². The number of carbonyl (C=O) groups is 2. The molecule has 15 atom stereocenters. The van der Waals surface area contributed by atoms with Crippen molar-refractivity contribution in [1.29, 1.82) is 0 Å². The molecule has 3 fully saturated rings. The van der Waals surface area contributed by atoms with Crippen LogP contribution in [0.15, 0.2) is 30.3 Å². The van der Waals surface area contributed by atoms with Gasteiger partial charge in [-0.3, -0.25) is 4.79 Å². The minimum absolute atomic E-state index is 0.0347. The molecule has 0 radical (unpaired) electrons. The van der Waals surface area contributed by atoms with Crippen LogP contribution in [0.5, 0.6) is 0 Å². The molecule has 3 aliphatic rings. The number of hydrogen-bond donors (Lipinski definition) is 12. The Balaban J connectivity index is 1.25. The maximum absolute atomic E-state index is 12.4. The number of unbranched alkanes of at least 4 members (excludes halogenated alkanes) is 2. The van der Waals surface area contributed by atoms with Crippen LogP contribution in [-0.4, -0.2) is 195 Å². The number of carbonyl (C=O) groups excluding carboxylic acids is 2. The van der Waals surface area contributed by atoms with Crippen LogP contribution in [0.3, 0.4) is 0 Å². The summed E-state index contributed by atoms with van der Waals surface area (Å²) in [6.45, 7) is -1.85. The van der Waals surface area contributed by atoms with Gasteiger partial charge in [-0.2, -0.15) is 0 Å². The first kappa shape index (κ1) is 45.0. The molecule has 0 spiro atoms.